The second-order valence-corrected chi connectivity index (χ2v) is 11.0. The molecule has 2 aliphatic heterocycles. The number of carbonyl (C=O) groups is 1. The Hall–Kier alpha value is -2.68. The highest BCUT2D eigenvalue weighted by molar-refractivity contribution is 6.33. The van der Waals surface area contributed by atoms with E-state index >= 15 is 0 Å². The number of H-pyrrole nitrogens is 1. The van der Waals surface area contributed by atoms with Crippen molar-refractivity contribution in [1.82, 2.24) is 24.9 Å². The zero-order chi connectivity index (χ0) is 24.6. The van der Waals surface area contributed by atoms with E-state index in [9.17, 15) is 4.79 Å². The van der Waals surface area contributed by atoms with Crippen molar-refractivity contribution >= 4 is 34.4 Å². The molecule has 2 fully saturated rings. The number of carbonyl (C=O) groups excluding carboxylic acids is 1. The molecule has 5 rings (SSSR count). The highest BCUT2D eigenvalue weighted by Gasteiger charge is 2.34. The van der Waals surface area contributed by atoms with Crippen LogP contribution in [-0.2, 0) is 9.63 Å². The number of halogens is 1. The molecule has 9 heteroatoms. The molecule has 186 valence electrons. The summed E-state index contributed by atoms with van der Waals surface area (Å²) in [5.41, 5.74) is 2.24. The number of nitrogens with one attached hydrogen (secondary N) is 2. The van der Waals surface area contributed by atoms with Gasteiger partial charge in [0.05, 0.1) is 28.9 Å². The van der Waals surface area contributed by atoms with Crippen LogP contribution in [0, 0.1) is 5.41 Å². The van der Waals surface area contributed by atoms with Crippen LogP contribution in [0.1, 0.15) is 40.0 Å². The van der Waals surface area contributed by atoms with Crippen LogP contribution in [-0.4, -0.2) is 69.1 Å². The third-order valence-corrected chi connectivity index (χ3v) is 7.12. The summed E-state index contributed by atoms with van der Waals surface area (Å²) in [4.78, 5) is 33.0. The van der Waals surface area contributed by atoms with E-state index in [0.717, 1.165) is 67.6 Å². The van der Waals surface area contributed by atoms with Crippen molar-refractivity contribution < 1.29 is 9.63 Å². The third-order valence-electron chi connectivity index (χ3n) is 6.84. The van der Waals surface area contributed by atoms with E-state index in [1.54, 1.807) is 6.20 Å². The molecular weight excluding hydrogens is 464 g/mol. The van der Waals surface area contributed by atoms with Gasteiger partial charge in [-0.3, -0.25) is 4.90 Å². The molecule has 3 aromatic rings. The minimum absolute atomic E-state index is 0.176. The zero-order valence-corrected chi connectivity index (χ0v) is 21.3. The summed E-state index contributed by atoms with van der Waals surface area (Å²) < 4.78 is 0. The van der Waals surface area contributed by atoms with Crippen LogP contribution >= 0.6 is 11.6 Å². The van der Waals surface area contributed by atoms with Gasteiger partial charge in [-0.05, 0) is 46.1 Å². The van der Waals surface area contributed by atoms with Crippen LogP contribution < -0.4 is 5.32 Å². The van der Waals surface area contributed by atoms with Gasteiger partial charge < -0.3 is 15.1 Å². The van der Waals surface area contributed by atoms with E-state index in [2.05, 4.69) is 26.3 Å². The van der Waals surface area contributed by atoms with E-state index < -0.39 is 5.41 Å². The lowest BCUT2D eigenvalue weighted by Gasteiger charge is -2.37. The molecule has 0 saturated carbocycles. The fraction of sp³-hybridized carbons (Fsp3) is 0.500. The Kier molecular flexibility index (Phi) is 6.70. The highest BCUT2D eigenvalue weighted by atomic mass is 35.5. The van der Waals surface area contributed by atoms with Crippen molar-refractivity contribution in [2.24, 2.45) is 5.41 Å². The molecule has 2 aromatic heterocycles. The summed E-state index contributed by atoms with van der Waals surface area (Å²) in [6.45, 7) is 9.09. The zero-order valence-electron chi connectivity index (χ0n) is 20.6. The molecule has 1 aromatic carbocycles. The average Bonchev–Trinajstić information content (AvgIpc) is 3.47. The van der Waals surface area contributed by atoms with Gasteiger partial charge >= 0.3 is 5.97 Å². The lowest BCUT2D eigenvalue weighted by atomic mass is 9.98. The number of anilines is 1. The van der Waals surface area contributed by atoms with Crippen LogP contribution in [0.4, 0.5) is 5.95 Å². The Labute approximate surface area is 211 Å². The molecule has 2 aliphatic rings. The maximum Gasteiger partial charge on any atom is 0.330 e. The van der Waals surface area contributed by atoms with Crippen LogP contribution in [0.15, 0.2) is 36.7 Å². The van der Waals surface area contributed by atoms with Crippen molar-refractivity contribution in [1.29, 1.82) is 0 Å². The van der Waals surface area contributed by atoms with Gasteiger partial charge in [-0.25, -0.2) is 14.8 Å². The van der Waals surface area contributed by atoms with Crippen LogP contribution in [0.25, 0.3) is 22.2 Å². The van der Waals surface area contributed by atoms with Crippen molar-refractivity contribution in [3.8, 4) is 11.3 Å². The normalized spacial score (nSPS) is 21.9. The fourth-order valence-corrected chi connectivity index (χ4v) is 5.06. The molecule has 0 amide bonds. The van der Waals surface area contributed by atoms with Crippen molar-refractivity contribution in [2.75, 3.05) is 31.5 Å². The van der Waals surface area contributed by atoms with E-state index in [-0.39, 0.29) is 12.0 Å². The summed E-state index contributed by atoms with van der Waals surface area (Å²) in [7, 11) is 0. The maximum absolute atomic E-state index is 12.3. The van der Waals surface area contributed by atoms with Crippen molar-refractivity contribution in [3.05, 3.63) is 41.7 Å². The first kappa shape index (κ1) is 24.0. The fourth-order valence-electron chi connectivity index (χ4n) is 4.87. The monoisotopic (exact) mass is 496 g/mol. The Balaban J connectivity index is 1.23. The molecule has 0 aliphatic carbocycles. The van der Waals surface area contributed by atoms with Crippen LogP contribution in [0.2, 0.25) is 5.02 Å². The second-order valence-electron chi connectivity index (χ2n) is 10.6. The number of fused-ring (bicyclic) bond motifs is 1. The number of hydroxylamine groups is 2. The first-order valence-corrected chi connectivity index (χ1v) is 12.7. The molecule has 1 unspecified atom stereocenters. The second kappa shape index (κ2) is 9.76. The Morgan fingerprint density at radius 2 is 2.03 bits per heavy atom. The van der Waals surface area contributed by atoms with Crippen LogP contribution in [0.5, 0.6) is 0 Å². The Morgan fingerprint density at radius 1 is 1.20 bits per heavy atom. The summed E-state index contributed by atoms with van der Waals surface area (Å²) in [6.07, 6.45) is 6.75. The molecule has 8 nitrogen and oxygen atoms in total. The van der Waals surface area contributed by atoms with Gasteiger partial charge in [0.25, 0.3) is 0 Å². The number of aromatic amines is 1. The quantitative estimate of drug-likeness (QED) is 0.528. The lowest BCUT2D eigenvalue weighted by Crippen LogP contribution is -2.48. The van der Waals surface area contributed by atoms with Gasteiger partial charge in [-0.15, -0.1) is 5.06 Å². The van der Waals surface area contributed by atoms with Crippen molar-refractivity contribution in [2.45, 2.75) is 52.1 Å². The molecule has 2 saturated heterocycles. The smallest absolute Gasteiger partial charge is 0.330 e. The third kappa shape index (κ3) is 5.29. The summed E-state index contributed by atoms with van der Waals surface area (Å²) in [5.74, 6) is 0.413. The predicted molar refractivity (Wildman–Crippen MR) is 138 cm³/mol. The SMILES string of the molecule is CC(C)(C)C(=O)ON1CCCC(N2CC[C@@H](Nc3ncc(Cl)c(-c4c[nH]c5ccccc45)n3)C2)C1. The Bertz CT molecular complexity index is 1210. The molecule has 0 bridgehead atoms. The van der Waals surface area contributed by atoms with Crippen molar-refractivity contribution in [3.63, 3.8) is 0 Å². The number of likely N-dealkylation sites (tertiary alicyclic amines) is 1. The Morgan fingerprint density at radius 3 is 2.86 bits per heavy atom. The van der Waals surface area contributed by atoms with Gasteiger partial charge in [0.1, 0.15) is 0 Å². The van der Waals surface area contributed by atoms with Gasteiger partial charge in [0.15, 0.2) is 0 Å². The largest absolute Gasteiger partial charge is 0.367 e. The van der Waals surface area contributed by atoms with Gasteiger partial charge in [0, 0.05) is 54.4 Å². The van der Waals surface area contributed by atoms with E-state index in [4.69, 9.17) is 21.4 Å². The first-order chi connectivity index (χ1) is 16.8. The average molecular weight is 497 g/mol. The number of hydrogen-bond donors (Lipinski definition) is 2. The van der Waals surface area contributed by atoms with E-state index in [0.29, 0.717) is 17.0 Å². The minimum Gasteiger partial charge on any atom is -0.367 e. The topological polar surface area (TPSA) is 86.4 Å². The summed E-state index contributed by atoms with van der Waals surface area (Å²) in [6, 6.07) is 8.74. The molecule has 2 N–H and O–H groups in total. The number of rotatable bonds is 5. The molecule has 0 radical (unpaired) electrons. The minimum atomic E-state index is -0.500. The van der Waals surface area contributed by atoms with Crippen LogP contribution in [0.3, 0.4) is 0 Å². The highest BCUT2D eigenvalue weighted by Crippen LogP contribution is 2.32. The summed E-state index contributed by atoms with van der Waals surface area (Å²) >= 11 is 6.49. The number of hydrogen-bond acceptors (Lipinski definition) is 7. The number of para-hydroxylation sites is 1. The lowest BCUT2D eigenvalue weighted by molar-refractivity contribution is -0.208. The molecular formula is C26H33ClN6O2. The number of benzene rings is 1. The summed E-state index contributed by atoms with van der Waals surface area (Å²) in [5, 5.41) is 6.98. The number of piperidine rings is 1. The first-order valence-electron chi connectivity index (χ1n) is 12.3. The molecule has 35 heavy (non-hydrogen) atoms. The standard InChI is InChI=1S/C26H33ClN6O2/c1-26(2,3)24(34)35-33-11-6-7-18(16-33)32-12-10-17(15-32)30-25-29-14-21(27)23(31-25)20-13-28-22-9-5-4-8-19(20)22/h4-5,8-9,13-14,17-18,28H,6-7,10-12,15-16H2,1-3H3,(H,29,30,31)/t17-,18?/m1/s1. The van der Waals surface area contributed by atoms with Gasteiger partial charge in [-0.2, -0.15) is 0 Å². The van der Waals surface area contributed by atoms with Gasteiger partial charge in [0.2, 0.25) is 5.95 Å². The number of nitrogens with zero attached hydrogens (tertiary/aromatic N) is 4. The molecule has 2 atom stereocenters. The maximum atomic E-state index is 12.3. The van der Waals surface area contributed by atoms with E-state index in [1.807, 2.05) is 50.2 Å². The molecule has 4 heterocycles. The number of aromatic nitrogens is 3. The predicted octanol–water partition coefficient (Wildman–Crippen LogP) is 4.73. The van der Waals surface area contributed by atoms with E-state index in [1.165, 1.54) is 0 Å². The van der Waals surface area contributed by atoms with Gasteiger partial charge in [-0.1, -0.05) is 29.8 Å². The molecule has 0 spiro atoms.